The number of anilines is 1. The number of ether oxygens (including phenoxy) is 1. The Morgan fingerprint density at radius 3 is 2.54 bits per heavy atom. The van der Waals surface area contributed by atoms with E-state index in [0.29, 0.717) is 17.0 Å². The molecule has 0 fully saturated rings. The van der Waals surface area contributed by atoms with Crippen LogP contribution in [0.3, 0.4) is 0 Å². The van der Waals surface area contributed by atoms with Crippen LogP contribution in [0.25, 0.3) is 5.65 Å². The maximum atomic E-state index is 12.8. The molecular weight excluding hydrogens is 464 g/mol. The van der Waals surface area contributed by atoms with Crippen LogP contribution >= 0.6 is 0 Å². The molecule has 4 rings (SSSR count). The number of carbonyl (C=O) groups is 1. The summed E-state index contributed by atoms with van der Waals surface area (Å²) in [6.45, 7) is 5.91. The van der Waals surface area contributed by atoms with E-state index in [1.54, 1.807) is 43.4 Å². The number of aryl methyl sites for hydroxylation is 1. The van der Waals surface area contributed by atoms with Gasteiger partial charge in [-0.1, -0.05) is 12.1 Å². The van der Waals surface area contributed by atoms with Gasteiger partial charge < -0.3 is 14.5 Å². The molecule has 0 atom stereocenters. The van der Waals surface area contributed by atoms with E-state index in [9.17, 15) is 13.2 Å². The zero-order chi connectivity index (χ0) is 25.2. The summed E-state index contributed by atoms with van der Waals surface area (Å²) in [5.74, 6) is 0.220. The smallest absolute Gasteiger partial charge is 0.255 e. The number of imidazole rings is 1. The lowest BCUT2D eigenvalue weighted by Crippen LogP contribution is -2.33. The molecular formula is C26H28N4O4S. The molecule has 1 amide bonds. The monoisotopic (exact) mass is 492 g/mol. The summed E-state index contributed by atoms with van der Waals surface area (Å²) in [7, 11) is -2.04. The van der Waals surface area contributed by atoms with Crippen molar-refractivity contribution in [2.24, 2.45) is 0 Å². The summed E-state index contributed by atoms with van der Waals surface area (Å²) in [6, 6.07) is 16.8. The third-order valence-electron chi connectivity index (χ3n) is 5.65. The van der Waals surface area contributed by atoms with Crippen LogP contribution in [0.5, 0.6) is 5.75 Å². The molecule has 0 bridgehead atoms. The Balaban J connectivity index is 1.41. The Bertz CT molecular complexity index is 1460. The number of nitrogens with one attached hydrogen (secondary N) is 1. The largest absolute Gasteiger partial charge is 0.487 e. The molecule has 0 aliphatic heterocycles. The minimum absolute atomic E-state index is 0.161. The van der Waals surface area contributed by atoms with Gasteiger partial charge in [-0.05, 0) is 74.9 Å². The first-order valence-electron chi connectivity index (χ1n) is 11.2. The number of amides is 1. The van der Waals surface area contributed by atoms with Crippen molar-refractivity contribution in [2.45, 2.75) is 38.3 Å². The van der Waals surface area contributed by atoms with Crippen LogP contribution < -0.4 is 10.1 Å². The summed E-state index contributed by atoms with van der Waals surface area (Å²) in [6.07, 6.45) is 3.92. The predicted octanol–water partition coefficient (Wildman–Crippen LogP) is 4.50. The molecule has 2 aromatic carbocycles. The average Bonchev–Trinajstić information content (AvgIpc) is 3.24. The van der Waals surface area contributed by atoms with Crippen molar-refractivity contribution >= 4 is 27.3 Å². The second-order valence-electron chi connectivity index (χ2n) is 8.61. The van der Waals surface area contributed by atoms with Gasteiger partial charge in [-0.2, -0.15) is 4.31 Å². The number of benzene rings is 2. The SMILES string of the molecule is Cc1ccc2nc(COc3cccc(C(=O)Nc4ccc(S(=O)(=O)N(C)C(C)C)cc4)c3)cn2c1. The average molecular weight is 493 g/mol. The summed E-state index contributed by atoms with van der Waals surface area (Å²) >= 11 is 0. The highest BCUT2D eigenvalue weighted by atomic mass is 32.2. The van der Waals surface area contributed by atoms with E-state index in [1.165, 1.54) is 16.4 Å². The van der Waals surface area contributed by atoms with Gasteiger partial charge in [0.05, 0.1) is 10.6 Å². The molecule has 0 aliphatic carbocycles. The normalized spacial score (nSPS) is 11.8. The van der Waals surface area contributed by atoms with Crippen LogP contribution in [0.15, 0.2) is 78.0 Å². The maximum absolute atomic E-state index is 12.8. The number of hydrogen-bond donors (Lipinski definition) is 1. The van der Waals surface area contributed by atoms with Gasteiger partial charge in [-0.15, -0.1) is 0 Å². The molecule has 8 nitrogen and oxygen atoms in total. The van der Waals surface area contributed by atoms with Gasteiger partial charge in [-0.25, -0.2) is 13.4 Å². The van der Waals surface area contributed by atoms with E-state index in [4.69, 9.17) is 4.74 Å². The first kappa shape index (κ1) is 24.4. The highest BCUT2D eigenvalue weighted by Crippen LogP contribution is 2.21. The zero-order valence-electron chi connectivity index (χ0n) is 20.1. The van der Waals surface area contributed by atoms with Crippen LogP contribution in [0.4, 0.5) is 5.69 Å². The van der Waals surface area contributed by atoms with E-state index >= 15 is 0 Å². The predicted molar refractivity (Wildman–Crippen MR) is 135 cm³/mol. The van der Waals surface area contributed by atoms with Gasteiger partial charge in [0.2, 0.25) is 10.0 Å². The third-order valence-corrected chi connectivity index (χ3v) is 7.70. The van der Waals surface area contributed by atoms with E-state index in [1.807, 2.05) is 49.7 Å². The summed E-state index contributed by atoms with van der Waals surface area (Å²) in [5, 5.41) is 2.79. The molecule has 0 radical (unpaired) electrons. The van der Waals surface area contributed by atoms with E-state index < -0.39 is 10.0 Å². The molecule has 35 heavy (non-hydrogen) atoms. The van der Waals surface area contributed by atoms with Crippen molar-refractivity contribution in [3.8, 4) is 5.75 Å². The molecule has 2 heterocycles. The maximum Gasteiger partial charge on any atom is 0.255 e. The first-order chi connectivity index (χ1) is 16.6. The fourth-order valence-electron chi connectivity index (χ4n) is 3.47. The molecule has 1 N–H and O–H groups in total. The van der Waals surface area contributed by atoms with Crippen LogP contribution in [-0.4, -0.2) is 41.1 Å². The van der Waals surface area contributed by atoms with Gasteiger partial charge in [-0.3, -0.25) is 4.79 Å². The molecule has 4 aromatic rings. The number of sulfonamides is 1. The van der Waals surface area contributed by atoms with Gasteiger partial charge >= 0.3 is 0 Å². The lowest BCUT2D eigenvalue weighted by atomic mass is 10.2. The number of fused-ring (bicyclic) bond motifs is 1. The highest BCUT2D eigenvalue weighted by Gasteiger charge is 2.23. The molecule has 2 aromatic heterocycles. The van der Waals surface area contributed by atoms with Crippen LogP contribution in [0.1, 0.15) is 35.5 Å². The van der Waals surface area contributed by atoms with Crippen molar-refractivity contribution in [3.05, 3.63) is 89.9 Å². The Kier molecular flexibility index (Phi) is 6.90. The van der Waals surface area contributed by atoms with Crippen LogP contribution in [0, 0.1) is 6.92 Å². The molecule has 0 unspecified atom stereocenters. The molecule has 0 saturated carbocycles. The Morgan fingerprint density at radius 1 is 1.09 bits per heavy atom. The fourth-order valence-corrected chi connectivity index (χ4v) is 4.83. The molecule has 9 heteroatoms. The quantitative estimate of drug-likeness (QED) is 0.391. The third kappa shape index (κ3) is 5.52. The minimum atomic E-state index is -3.58. The van der Waals surface area contributed by atoms with Gasteiger partial charge in [0.25, 0.3) is 5.91 Å². The molecule has 0 spiro atoms. The van der Waals surface area contributed by atoms with E-state index in [2.05, 4.69) is 10.3 Å². The number of rotatable bonds is 8. The Labute approximate surface area is 205 Å². The molecule has 0 aliphatic rings. The number of aromatic nitrogens is 2. The van der Waals surface area contributed by atoms with Crippen LogP contribution in [-0.2, 0) is 16.6 Å². The second kappa shape index (κ2) is 9.89. The van der Waals surface area contributed by atoms with Gasteiger partial charge in [0.15, 0.2) is 0 Å². The standard InChI is InChI=1S/C26H28N4O4S/c1-18(2)29(4)35(32,33)24-11-9-21(10-12-24)28-26(31)20-6-5-7-23(14-20)34-17-22-16-30-15-19(3)8-13-25(30)27-22/h5-16,18H,17H2,1-4H3,(H,28,31). The molecule has 0 saturated heterocycles. The lowest BCUT2D eigenvalue weighted by molar-refractivity contribution is 0.102. The topological polar surface area (TPSA) is 93.0 Å². The van der Waals surface area contributed by atoms with E-state index in [-0.39, 0.29) is 23.5 Å². The summed E-state index contributed by atoms with van der Waals surface area (Å²) in [4.78, 5) is 17.5. The second-order valence-corrected chi connectivity index (χ2v) is 10.6. The minimum Gasteiger partial charge on any atom is -0.487 e. The van der Waals surface area contributed by atoms with Crippen LogP contribution in [0.2, 0.25) is 0 Å². The van der Waals surface area contributed by atoms with Crippen molar-refractivity contribution in [2.75, 3.05) is 12.4 Å². The Morgan fingerprint density at radius 2 is 1.83 bits per heavy atom. The lowest BCUT2D eigenvalue weighted by Gasteiger charge is -2.21. The molecule has 182 valence electrons. The number of nitrogens with zero attached hydrogens (tertiary/aromatic N) is 3. The van der Waals surface area contributed by atoms with Gasteiger partial charge in [0.1, 0.15) is 18.0 Å². The first-order valence-corrected chi connectivity index (χ1v) is 12.6. The van der Waals surface area contributed by atoms with E-state index in [0.717, 1.165) is 16.9 Å². The van der Waals surface area contributed by atoms with Crippen molar-refractivity contribution in [1.82, 2.24) is 13.7 Å². The Hall–Kier alpha value is -3.69. The van der Waals surface area contributed by atoms with Crippen molar-refractivity contribution in [3.63, 3.8) is 0 Å². The number of carbonyl (C=O) groups excluding carboxylic acids is 1. The van der Waals surface area contributed by atoms with Crippen molar-refractivity contribution in [1.29, 1.82) is 0 Å². The van der Waals surface area contributed by atoms with Crippen molar-refractivity contribution < 1.29 is 17.9 Å². The summed E-state index contributed by atoms with van der Waals surface area (Å²) in [5.41, 5.74) is 3.68. The summed E-state index contributed by atoms with van der Waals surface area (Å²) < 4.78 is 34.3. The number of hydrogen-bond acceptors (Lipinski definition) is 5. The van der Waals surface area contributed by atoms with Gasteiger partial charge in [0, 0.05) is 36.7 Å². The highest BCUT2D eigenvalue weighted by molar-refractivity contribution is 7.89. The fraction of sp³-hybridized carbons (Fsp3) is 0.231. The number of pyridine rings is 1. The zero-order valence-corrected chi connectivity index (χ0v) is 20.9.